The number of hydrogen-bond donors (Lipinski definition) is 0. The summed E-state index contributed by atoms with van der Waals surface area (Å²) in [5.74, 6) is 0.948. The maximum atomic E-state index is 6.02. The molecule has 2 heteroatoms. The van der Waals surface area contributed by atoms with Gasteiger partial charge in [-0.3, -0.25) is 0 Å². The van der Waals surface area contributed by atoms with Crippen LogP contribution in [-0.4, -0.2) is 18.8 Å². The van der Waals surface area contributed by atoms with E-state index in [2.05, 4.69) is 65.0 Å². The van der Waals surface area contributed by atoms with Crippen LogP contribution in [0.15, 0.2) is 35.9 Å². The molecule has 0 unspecified atom stereocenters. The molecule has 0 atom stereocenters. The standard InChI is InChI=1S/C22H36O2/c1-6-20-12-14-21(15-13-20)23-18-16-19(5)11-10-17-22(7-2,8-3)24-9-4/h12-16H,6-11,17-18H2,1-5H3. The second-order valence-corrected chi connectivity index (χ2v) is 6.54. The summed E-state index contributed by atoms with van der Waals surface area (Å²) < 4.78 is 11.8. The summed E-state index contributed by atoms with van der Waals surface area (Å²) in [7, 11) is 0. The minimum Gasteiger partial charge on any atom is -0.490 e. The monoisotopic (exact) mass is 332 g/mol. The average Bonchev–Trinajstić information content (AvgIpc) is 2.61. The summed E-state index contributed by atoms with van der Waals surface area (Å²) in [6, 6.07) is 8.38. The molecule has 0 heterocycles. The van der Waals surface area contributed by atoms with Crippen molar-refractivity contribution in [1.29, 1.82) is 0 Å². The van der Waals surface area contributed by atoms with E-state index in [-0.39, 0.29) is 5.60 Å². The number of aryl methyl sites for hydroxylation is 1. The highest BCUT2D eigenvalue weighted by Gasteiger charge is 2.25. The van der Waals surface area contributed by atoms with Gasteiger partial charge in [0.15, 0.2) is 0 Å². The summed E-state index contributed by atoms with van der Waals surface area (Å²) in [4.78, 5) is 0. The van der Waals surface area contributed by atoms with Gasteiger partial charge < -0.3 is 9.47 Å². The van der Waals surface area contributed by atoms with E-state index in [0.717, 1.165) is 44.5 Å². The van der Waals surface area contributed by atoms with Gasteiger partial charge in [0.1, 0.15) is 12.4 Å². The van der Waals surface area contributed by atoms with Crippen LogP contribution in [0.2, 0.25) is 0 Å². The van der Waals surface area contributed by atoms with Crippen molar-refractivity contribution in [2.45, 2.75) is 78.7 Å². The van der Waals surface area contributed by atoms with Gasteiger partial charge >= 0.3 is 0 Å². The molecule has 0 amide bonds. The quantitative estimate of drug-likeness (QED) is 0.416. The van der Waals surface area contributed by atoms with Gasteiger partial charge in [0.05, 0.1) is 5.60 Å². The highest BCUT2D eigenvalue weighted by molar-refractivity contribution is 5.27. The van der Waals surface area contributed by atoms with Crippen LogP contribution in [0.4, 0.5) is 0 Å². The zero-order valence-electron chi connectivity index (χ0n) is 16.4. The maximum absolute atomic E-state index is 6.02. The zero-order valence-corrected chi connectivity index (χ0v) is 16.4. The number of benzene rings is 1. The molecule has 0 saturated heterocycles. The molecule has 0 aliphatic rings. The number of hydrogen-bond acceptors (Lipinski definition) is 2. The predicted octanol–water partition coefficient (Wildman–Crippen LogP) is 6.34. The van der Waals surface area contributed by atoms with Crippen LogP contribution in [0.1, 0.15) is 72.3 Å². The lowest BCUT2D eigenvalue weighted by Crippen LogP contribution is -2.31. The molecule has 0 spiro atoms. The zero-order chi connectivity index (χ0) is 17.8. The maximum Gasteiger partial charge on any atom is 0.119 e. The summed E-state index contributed by atoms with van der Waals surface area (Å²) in [6.45, 7) is 12.4. The third kappa shape index (κ3) is 7.09. The molecule has 1 rings (SSSR count). The third-order valence-electron chi connectivity index (χ3n) is 4.96. The van der Waals surface area contributed by atoms with Gasteiger partial charge in [0, 0.05) is 6.61 Å². The van der Waals surface area contributed by atoms with Crippen molar-refractivity contribution in [3.05, 3.63) is 41.5 Å². The van der Waals surface area contributed by atoms with Gasteiger partial charge in [0.25, 0.3) is 0 Å². The topological polar surface area (TPSA) is 18.5 Å². The number of allylic oxidation sites excluding steroid dienone is 1. The Bertz CT molecular complexity index is 469. The van der Waals surface area contributed by atoms with Crippen molar-refractivity contribution >= 4 is 0 Å². The highest BCUT2D eigenvalue weighted by atomic mass is 16.5. The van der Waals surface area contributed by atoms with Crippen LogP contribution in [0, 0.1) is 0 Å². The Kier molecular flexibility index (Phi) is 9.78. The first-order chi connectivity index (χ1) is 11.6. The lowest BCUT2D eigenvalue weighted by Gasteiger charge is -2.31. The van der Waals surface area contributed by atoms with Gasteiger partial charge in [-0.2, -0.15) is 0 Å². The molecule has 0 radical (unpaired) electrons. The molecule has 0 fully saturated rings. The SMILES string of the molecule is CCOC(CC)(CC)CCCC(C)=CCOc1ccc(CC)cc1. The first kappa shape index (κ1) is 20.8. The van der Waals surface area contributed by atoms with E-state index in [0.29, 0.717) is 6.61 Å². The van der Waals surface area contributed by atoms with E-state index in [1.807, 2.05) is 0 Å². The Morgan fingerprint density at radius 3 is 2.25 bits per heavy atom. The summed E-state index contributed by atoms with van der Waals surface area (Å²) in [5.41, 5.74) is 2.82. The molecule has 136 valence electrons. The van der Waals surface area contributed by atoms with Crippen molar-refractivity contribution in [3.63, 3.8) is 0 Å². The second kappa shape index (κ2) is 11.3. The molecule has 0 N–H and O–H groups in total. The van der Waals surface area contributed by atoms with E-state index >= 15 is 0 Å². The average molecular weight is 333 g/mol. The van der Waals surface area contributed by atoms with E-state index in [9.17, 15) is 0 Å². The molecular weight excluding hydrogens is 296 g/mol. The predicted molar refractivity (Wildman–Crippen MR) is 104 cm³/mol. The highest BCUT2D eigenvalue weighted by Crippen LogP contribution is 2.27. The van der Waals surface area contributed by atoms with Crippen LogP contribution in [0.5, 0.6) is 5.75 Å². The van der Waals surface area contributed by atoms with Crippen LogP contribution in [0.3, 0.4) is 0 Å². The Morgan fingerprint density at radius 1 is 1.04 bits per heavy atom. The van der Waals surface area contributed by atoms with Crippen LogP contribution in [-0.2, 0) is 11.2 Å². The fraction of sp³-hybridized carbons (Fsp3) is 0.636. The largest absolute Gasteiger partial charge is 0.490 e. The molecule has 0 saturated carbocycles. The summed E-state index contributed by atoms with van der Waals surface area (Å²) >= 11 is 0. The van der Waals surface area contributed by atoms with E-state index < -0.39 is 0 Å². The Balaban J connectivity index is 2.35. The minimum absolute atomic E-state index is 0.0759. The molecule has 2 nitrogen and oxygen atoms in total. The third-order valence-corrected chi connectivity index (χ3v) is 4.96. The van der Waals surface area contributed by atoms with Crippen molar-refractivity contribution < 1.29 is 9.47 Å². The molecule has 1 aromatic rings. The van der Waals surface area contributed by atoms with Gasteiger partial charge in [-0.1, -0.05) is 38.5 Å². The molecule has 0 bridgehead atoms. The van der Waals surface area contributed by atoms with Gasteiger partial charge in [-0.25, -0.2) is 0 Å². The first-order valence-corrected chi connectivity index (χ1v) is 9.60. The minimum atomic E-state index is 0.0759. The van der Waals surface area contributed by atoms with E-state index in [1.165, 1.54) is 17.6 Å². The van der Waals surface area contributed by atoms with Gasteiger partial charge in [-0.05, 0) is 76.1 Å². The molecule has 0 aliphatic heterocycles. The van der Waals surface area contributed by atoms with Crippen LogP contribution >= 0.6 is 0 Å². The molecule has 0 aliphatic carbocycles. The molecule has 1 aromatic carbocycles. The Labute approximate surface area is 149 Å². The van der Waals surface area contributed by atoms with Gasteiger partial charge in [0.2, 0.25) is 0 Å². The lowest BCUT2D eigenvalue weighted by molar-refractivity contribution is -0.0523. The van der Waals surface area contributed by atoms with E-state index in [1.54, 1.807) is 0 Å². The number of rotatable bonds is 12. The van der Waals surface area contributed by atoms with Crippen LogP contribution < -0.4 is 4.74 Å². The normalized spacial score (nSPS) is 12.5. The molecule has 0 aromatic heterocycles. The fourth-order valence-corrected chi connectivity index (χ4v) is 3.08. The molecule has 24 heavy (non-hydrogen) atoms. The smallest absolute Gasteiger partial charge is 0.119 e. The Hall–Kier alpha value is -1.28. The van der Waals surface area contributed by atoms with Crippen molar-refractivity contribution in [2.75, 3.05) is 13.2 Å². The van der Waals surface area contributed by atoms with E-state index in [4.69, 9.17) is 9.47 Å². The first-order valence-electron chi connectivity index (χ1n) is 9.60. The summed E-state index contributed by atoms with van der Waals surface area (Å²) in [5, 5.41) is 0. The summed E-state index contributed by atoms with van der Waals surface area (Å²) in [6.07, 6.45) is 8.89. The van der Waals surface area contributed by atoms with Crippen molar-refractivity contribution in [2.24, 2.45) is 0 Å². The van der Waals surface area contributed by atoms with Gasteiger partial charge in [-0.15, -0.1) is 0 Å². The van der Waals surface area contributed by atoms with Crippen LogP contribution in [0.25, 0.3) is 0 Å². The van der Waals surface area contributed by atoms with Crippen molar-refractivity contribution in [3.8, 4) is 5.75 Å². The fourth-order valence-electron chi connectivity index (χ4n) is 3.08. The molecular formula is C22H36O2. The Morgan fingerprint density at radius 2 is 1.71 bits per heavy atom. The lowest BCUT2D eigenvalue weighted by atomic mass is 9.90. The number of ether oxygens (including phenoxy) is 2. The van der Waals surface area contributed by atoms with Crippen molar-refractivity contribution in [1.82, 2.24) is 0 Å². The second-order valence-electron chi connectivity index (χ2n) is 6.54.